The van der Waals surface area contributed by atoms with Gasteiger partial charge in [-0.1, -0.05) is 0 Å². The van der Waals surface area contributed by atoms with Crippen LogP contribution in [0.3, 0.4) is 0 Å². The Labute approximate surface area is 142 Å². The molecular weight excluding hydrogens is 312 g/mol. The summed E-state index contributed by atoms with van der Waals surface area (Å²) in [6.45, 7) is 5.40. The molecule has 24 heavy (non-hydrogen) atoms. The number of amides is 2. The molecular formula is C16H26N4O4. The second-order valence-corrected chi connectivity index (χ2v) is 6.47. The molecule has 0 saturated carbocycles. The molecule has 2 amide bonds. The van der Waals surface area contributed by atoms with Gasteiger partial charge in [-0.15, -0.1) is 0 Å². The number of hydrogen-bond donors (Lipinski definition) is 1. The number of aromatic nitrogens is 2. The van der Waals surface area contributed by atoms with E-state index in [0.717, 1.165) is 5.69 Å². The minimum Gasteiger partial charge on any atom is -0.386 e. The zero-order valence-electron chi connectivity index (χ0n) is 14.7. The van der Waals surface area contributed by atoms with Gasteiger partial charge in [0.05, 0.1) is 37.0 Å². The number of aliphatic hydroxyl groups excluding tert-OH is 1. The molecule has 0 aromatic carbocycles. The van der Waals surface area contributed by atoms with Crippen LogP contribution in [-0.2, 0) is 27.4 Å². The van der Waals surface area contributed by atoms with Gasteiger partial charge < -0.3 is 19.6 Å². The van der Waals surface area contributed by atoms with Crippen LogP contribution in [0.5, 0.6) is 0 Å². The summed E-state index contributed by atoms with van der Waals surface area (Å²) >= 11 is 0. The van der Waals surface area contributed by atoms with E-state index in [0.29, 0.717) is 25.3 Å². The first-order valence-electron chi connectivity index (χ1n) is 8.12. The number of nitrogens with zero attached hydrogens (tertiary/aromatic N) is 4. The van der Waals surface area contributed by atoms with Gasteiger partial charge in [-0.05, 0) is 19.9 Å². The van der Waals surface area contributed by atoms with Crippen molar-refractivity contribution in [3.63, 3.8) is 0 Å². The van der Waals surface area contributed by atoms with E-state index in [1.54, 1.807) is 29.7 Å². The van der Waals surface area contributed by atoms with E-state index in [9.17, 15) is 14.7 Å². The average molecular weight is 338 g/mol. The topological polar surface area (TPSA) is 87.9 Å². The Kier molecular flexibility index (Phi) is 5.95. The van der Waals surface area contributed by atoms with Crippen molar-refractivity contribution in [2.45, 2.75) is 45.6 Å². The quantitative estimate of drug-likeness (QED) is 0.798. The smallest absolute Gasteiger partial charge is 0.248 e. The molecule has 2 heterocycles. The first-order valence-corrected chi connectivity index (χ1v) is 8.12. The molecule has 0 spiro atoms. The van der Waals surface area contributed by atoms with Gasteiger partial charge in [0, 0.05) is 20.6 Å². The minimum absolute atomic E-state index is 0.00563. The van der Waals surface area contributed by atoms with Crippen molar-refractivity contribution in [1.82, 2.24) is 19.6 Å². The van der Waals surface area contributed by atoms with Gasteiger partial charge in [0.1, 0.15) is 12.7 Å². The van der Waals surface area contributed by atoms with Crippen molar-refractivity contribution in [3.8, 4) is 0 Å². The molecule has 0 radical (unpaired) electrons. The molecule has 0 saturated heterocycles. The number of carbonyl (C=O) groups is 2. The highest BCUT2D eigenvalue weighted by atomic mass is 16.5. The zero-order valence-corrected chi connectivity index (χ0v) is 14.7. The molecule has 1 aromatic heterocycles. The molecule has 1 aromatic rings. The van der Waals surface area contributed by atoms with Crippen molar-refractivity contribution in [3.05, 3.63) is 17.5 Å². The first kappa shape index (κ1) is 18.4. The largest absolute Gasteiger partial charge is 0.386 e. The summed E-state index contributed by atoms with van der Waals surface area (Å²) in [5, 5.41) is 14.5. The summed E-state index contributed by atoms with van der Waals surface area (Å²) in [4.78, 5) is 27.0. The highest BCUT2D eigenvalue weighted by Crippen LogP contribution is 2.21. The van der Waals surface area contributed by atoms with Crippen molar-refractivity contribution < 1.29 is 19.4 Å². The normalized spacial score (nSPS) is 15.3. The van der Waals surface area contributed by atoms with Gasteiger partial charge in [-0.3, -0.25) is 14.3 Å². The second-order valence-electron chi connectivity index (χ2n) is 6.47. The second kappa shape index (κ2) is 7.76. The summed E-state index contributed by atoms with van der Waals surface area (Å²) in [6, 6.07) is 1.76. The molecule has 1 atom stereocenters. The fourth-order valence-electron chi connectivity index (χ4n) is 2.45. The van der Waals surface area contributed by atoms with Crippen LogP contribution < -0.4 is 0 Å². The predicted octanol–water partition coefficient (Wildman–Crippen LogP) is 0.162. The molecule has 8 heteroatoms. The van der Waals surface area contributed by atoms with E-state index in [1.165, 1.54) is 4.90 Å². The maximum absolute atomic E-state index is 12.1. The lowest BCUT2D eigenvalue weighted by Gasteiger charge is -2.27. The molecule has 8 nitrogen and oxygen atoms in total. The van der Waals surface area contributed by atoms with E-state index in [4.69, 9.17) is 4.74 Å². The number of aliphatic hydroxyl groups is 1. The maximum atomic E-state index is 12.1. The van der Waals surface area contributed by atoms with Crippen LogP contribution in [0.4, 0.5) is 0 Å². The monoisotopic (exact) mass is 338 g/mol. The Morgan fingerprint density at radius 2 is 2.08 bits per heavy atom. The van der Waals surface area contributed by atoms with E-state index >= 15 is 0 Å². The highest BCUT2D eigenvalue weighted by molar-refractivity contribution is 5.77. The summed E-state index contributed by atoms with van der Waals surface area (Å²) in [5.41, 5.74) is 1.32. The third-order valence-electron chi connectivity index (χ3n) is 3.92. The van der Waals surface area contributed by atoms with Crippen LogP contribution in [0.25, 0.3) is 0 Å². The fraction of sp³-hybridized carbons (Fsp3) is 0.688. The molecule has 1 aliphatic rings. The van der Waals surface area contributed by atoms with Gasteiger partial charge in [0.25, 0.3) is 0 Å². The van der Waals surface area contributed by atoms with Gasteiger partial charge in [-0.25, -0.2) is 0 Å². The van der Waals surface area contributed by atoms with E-state index in [1.807, 2.05) is 13.8 Å². The van der Waals surface area contributed by atoms with Gasteiger partial charge in [0.2, 0.25) is 11.8 Å². The Balaban J connectivity index is 1.99. The summed E-state index contributed by atoms with van der Waals surface area (Å²) < 4.78 is 7.14. The number of ether oxygens (including phenoxy) is 1. The number of fused-ring (bicyclic) bond motifs is 1. The fourth-order valence-corrected chi connectivity index (χ4v) is 2.45. The SMILES string of the molecule is CC(C)OCC(=O)N1CCn2nc(C(O)CC(=O)N(C)C)cc2C1. The average Bonchev–Trinajstić information content (AvgIpc) is 2.95. The lowest BCUT2D eigenvalue weighted by molar-refractivity contribution is -0.139. The molecule has 0 bridgehead atoms. The maximum Gasteiger partial charge on any atom is 0.248 e. The molecule has 1 aliphatic heterocycles. The summed E-state index contributed by atoms with van der Waals surface area (Å²) in [5.74, 6) is -0.211. The van der Waals surface area contributed by atoms with Crippen LogP contribution in [-0.4, -0.2) is 69.9 Å². The third kappa shape index (κ3) is 4.55. The van der Waals surface area contributed by atoms with E-state index < -0.39 is 6.10 Å². The summed E-state index contributed by atoms with van der Waals surface area (Å²) in [7, 11) is 3.30. The van der Waals surface area contributed by atoms with Crippen LogP contribution in [0.15, 0.2) is 6.07 Å². The van der Waals surface area contributed by atoms with Gasteiger partial charge in [-0.2, -0.15) is 5.10 Å². The van der Waals surface area contributed by atoms with Crippen molar-refractivity contribution >= 4 is 11.8 Å². The van der Waals surface area contributed by atoms with Crippen LogP contribution in [0.2, 0.25) is 0 Å². The molecule has 0 fully saturated rings. The highest BCUT2D eigenvalue weighted by Gasteiger charge is 2.25. The Hall–Kier alpha value is -1.93. The standard InChI is InChI=1S/C16H26N4O4/c1-11(2)24-10-16(23)19-5-6-20-12(9-19)7-13(17-20)14(21)8-15(22)18(3)4/h7,11,14,21H,5-6,8-10H2,1-4H3. The first-order chi connectivity index (χ1) is 11.3. The third-order valence-corrected chi connectivity index (χ3v) is 3.92. The van der Waals surface area contributed by atoms with E-state index in [-0.39, 0.29) is 30.9 Å². The molecule has 0 aliphatic carbocycles. The Morgan fingerprint density at radius 3 is 2.71 bits per heavy atom. The number of carbonyl (C=O) groups excluding carboxylic acids is 2. The van der Waals surface area contributed by atoms with E-state index in [2.05, 4.69) is 5.10 Å². The number of rotatable bonds is 6. The molecule has 1 N–H and O–H groups in total. The Bertz CT molecular complexity index is 597. The zero-order chi connectivity index (χ0) is 17.9. The van der Waals surface area contributed by atoms with Crippen molar-refractivity contribution in [2.24, 2.45) is 0 Å². The van der Waals surface area contributed by atoms with Crippen molar-refractivity contribution in [2.75, 3.05) is 27.2 Å². The van der Waals surface area contributed by atoms with Gasteiger partial charge in [0.15, 0.2) is 0 Å². The van der Waals surface area contributed by atoms with Crippen LogP contribution >= 0.6 is 0 Å². The van der Waals surface area contributed by atoms with Crippen molar-refractivity contribution in [1.29, 1.82) is 0 Å². The van der Waals surface area contributed by atoms with Crippen LogP contribution in [0.1, 0.15) is 37.8 Å². The lowest BCUT2D eigenvalue weighted by Crippen LogP contribution is -2.40. The molecule has 1 unspecified atom stereocenters. The Morgan fingerprint density at radius 1 is 1.38 bits per heavy atom. The predicted molar refractivity (Wildman–Crippen MR) is 87.0 cm³/mol. The minimum atomic E-state index is -0.938. The molecule has 2 rings (SSSR count). The lowest BCUT2D eigenvalue weighted by atomic mass is 10.1. The molecule has 134 valence electrons. The summed E-state index contributed by atoms with van der Waals surface area (Å²) in [6.07, 6.45) is -0.930. The van der Waals surface area contributed by atoms with Gasteiger partial charge >= 0.3 is 0 Å². The van der Waals surface area contributed by atoms with Crippen LogP contribution in [0, 0.1) is 0 Å². The number of hydrogen-bond acceptors (Lipinski definition) is 5.